The van der Waals surface area contributed by atoms with Crippen LogP contribution >= 0.6 is 11.6 Å². The first kappa shape index (κ1) is 8.72. The van der Waals surface area contributed by atoms with Crippen molar-refractivity contribution >= 4 is 11.6 Å². The van der Waals surface area contributed by atoms with Crippen LogP contribution in [0.3, 0.4) is 0 Å². The number of aryl methyl sites for hydroxylation is 1. The molecule has 1 saturated heterocycles. The first-order valence-corrected chi connectivity index (χ1v) is 4.37. The Bertz CT molecular complexity index is 315. The number of aromatic nitrogens is 2. The molecule has 1 aliphatic heterocycles. The summed E-state index contributed by atoms with van der Waals surface area (Å²) in [4.78, 5) is 7.80. The average Bonchev–Trinajstić information content (AvgIpc) is 2.03. The molecule has 0 atom stereocenters. The van der Waals surface area contributed by atoms with Crippen LogP contribution in [-0.4, -0.2) is 29.3 Å². The van der Waals surface area contributed by atoms with E-state index in [0.29, 0.717) is 19.1 Å². The van der Waals surface area contributed by atoms with Gasteiger partial charge < -0.3 is 9.47 Å². The molecule has 5 heteroatoms. The summed E-state index contributed by atoms with van der Waals surface area (Å²) in [5.74, 6) is 0.549. The quantitative estimate of drug-likeness (QED) is 0.674. The molecular weight excluding hydrogens is 192 g/mol. The van der Waals surface area contributed by atoms with E-state index in [2.05, 4.69) is 9.97 Å². The largest absolute Gasteiger partial charge is 0.469 e. The van der Waals surface area contributed by atoms with Gasteiger partial charge in [-0.1, -0.05) is 0 Å². The van der Waals surface area contributed by atoms with E-state index in [-0.39, 0.29) is 11.4 Å². The summed E-state index contributed by atoms with van der Waals surface area (Å²) in [5, 5.41) is 0.209. The molecule has 0 unspecified atom stereocenters. The molecule has 0 aromatic carbocycles. The smallest absolute Gasteiger partial charge is 0.225 e. The van der Waals surface area contributed by atoms with E-state index >= 15 is 0 Å². The Morgan fingerprint density at radius 3 is 3.00 bits per heavy atom. The number of ether oxygens (including phenoxy) is 2. The van der Waals surface area contributed by atoms with Crippen molar-refractivity contribution in [2.24, 2.45) is 0 Å². The second-order valence-corrected chi connectivity index (χ2v) is 3.24. The van der Waals surface area contributed by atoms with E-state index in [4.69, 9.17) is 21.1 Å². The van der Waals surface area contributed by atoms with Gasteiger partial charge in [0.05, 0.1) is 13.2 Å². The summed E-state index contributed by atoms with van der Waals surface area (Å²) in [5.41, 5.74) is 0.885. The van der Waals surface area contributed by atoms with E-state index < -0.39 is 0 Å². The van der Waals surface area contributed by atoms with Gasteiger partial charge in [0.15, 0.2) is 0 Å². The van der Waals surface area contributed by atoms with Gasteiger partial charge in [-0.15, -0.1) is 0 Å². The molecule has 1 aliphatic rings. The number of halogens is 1. The lowest BCUT2D eigenvalue weighted by molar-refractivity contribution is -0.0816. The molecule has 0 bridgehead atoms. The van der Waals surface area contributed by atoms with Crippen molar-refractivity contribution in [3.05, 3.63) is 17.0 Å². The van der Waals surface area contributed by atoms with Crippen molar-refractivity contribution in [2.45, 2.75) is 13.0 Å². The van der Waals surface area contributed by atoms with Crippen molar-refractivity contribution in [2.75, 3.05) is 13.2 Å². The van der Waals surface area contributed by atoms with Crippen LogP contribution in [0.25, 0.3) is 0 Å². The van der Waals surface area contributed by atoms with Gasteiger partial charge in [-0.3, -0.25) is 0 Å². The summed E-state index contributed by atoms with van der Waals surface area (Å²) in [6, 6.07) is 0. The fourth-order valence-corrected chi connectivity index (χ4v) is 1.09. The van der Waals surface area contributed by atoms with Crippen LogP contribution < -0.4 is 4.74 Å². The van der Waals surface area contributed by atoms with Gasteiger partial charge in [0.1, 0.15) is 6.10 Å². The fourth-order valence-electron chi connectivity index (χ4n) is 0.965. The number of hydrogen-bond donors (Lipinski definition) is 0. The maximum absolute atomic E-state index is 5.63. The van der Waals surface area contributed by atoms with Gasteiger partial charge in [0.25, 0.3) is 0 Å². The zero-order chi connectivity index (χ0) is 9.26. The maximum atomic E-state index is 5.63. The molecule has 4 nitrogen and oxygen atoms in total. The zero-order valence-electron chi connectivity index (χ0n) is 7.16. The number of hydrogen-bond acceptors (Lipinski definition) is 4. The lowest BCUT2D eigenvalue weighted by Crippen LogP contribution is -2.38. The van der Waals surface area contributed by atoms with Gasteiger partial charge in [0.2, 0.25) is 11.2 Å². The minimum absolute atomic E-state index is 0.115. The fraction of sp³-hybridized carbons (Fsp3) is 0.500. The third-order valence-electron chi connectivity index (χ3n) is 1.78. The van der Waals surface area contributed by atoms with Gasteiger partial charge >= 0.3 is 0 Å². The summed E-state index contributed by atoms with van der Waals surface area (Å²) in [6.45, 7) is 3.13. The van der Waals surface area contributed by atoms with Gasteiger partial charge in [0, 0.05) is 11.8 Å². The van der Waals surface area contributed by atoms with Crippen molar-refractivity contribution in [3.8, 4) is 5.88 Å². The maximum Gasteiger partial charge on any atom is 0.225 e. The van der Waals surface area contributed by atoms with Crippen LogP contribution in [0.2, 0.25) is 5.28 Å². The van der Waals surface area contributed by atoms with E-state index in [1.807, 2.05) is 6.92 Å². The Hall–Kier alpha value is -0.870. The average molecular weight is 201 g/mol. The minimum atomic E-state index is 0.115. The molecule has 1 fully saturated rings. The highest BCUT2D eigenvalue weighted by atomic mass is 35.5. The summed E-state index contributed by atoms with van der Waals surface area (Å²) >= 11 is 5.63. The molecule has 13 heavy (non-hydrogen) atoms. The van der Waals surface area contributed by atoms with Gasteiger partial charge in [-0.2, -0.15) is 4.98 Å². The molecule has 0 N–H and O–H groups in total. The van der Waals surface area contributed by atoms with E-state index in [9.17, 15) is 0 Å². The molecule has 2 rings (SSSR count). The summed E-state index contributed by atoms with van der Waals surface area (Å²) < 4.78 is 10.5. The predicted molar refractivity (Wildman–Crippen MR) is 47.0 cm³/mol. The first-order chi connectivity index (χ1) is 6.25. The highest BCUT2D eigenvalue weighted by molar-refractivity contribution is 6.28. The second kappa shape index (κ2) is 3.47. The Morgan fingerprint density at radius 2 is 2.38 bits per heavy atom. The van der Waals surface area contributed by atoms with Crippen molar-refractivity contribution in [1.82, 2.24) is 9.97 Å². The Kier molecular flexibility index (Phi) is 2.33. The molecule has 1 aromatic rings. The first-order valence-electron chi connectivity index (χ1n) is 3.99. The van der Waals surface area contributed by atoms with Crippen LogP contribution in [0.5, 0.6) is 5.88 Å². The van der Waals surface area contributed by atoms with E-state index in [0.717, 1.165) is 5.56 Å². The Balaban J connectivity index is 2.13. The van der Waals surface area contributed by atoms with Crippen LogP contribution in [0, 0.1) is 6.92 Å². The van der Waals surface area contributed by atoms with Crippen molar-refractivity contribution in [3.63, 3.8) is 0 Å². The van der Waals surface area contributed by atoms with E-state index in [1.54, 1.807) is 6.20 Å². The standard InChI is InChI=1S/C8H9ClN2O2/c1-5-2-10-8(9)11-7(5)13-6-3-12-4-6/h2,6H,3-4H2,1H3. The molecular formula is C8H9ClN2O2. The highest BCUT2D eigenvalue weighted by Gasteiger charge is 2.21. The van der Waals surface area contributed by atoms with Crippen LogP contribution in [0.15, 0.2) is 6.20 Å². The molecule has 0 saturated carbocycles. The minimum Gasteiger partial charge on any atom is -0.469 e. The van der Waals surface area contributed by atoms with Crippen LogP contribution in [0.4, 0.5) is 0 Å². The monoisotopic (exact) mass is 200 g/mol. The van der Waals surface area contributed by atoms with Gasteiger partial charge in [-0.05, 0) is 18.5 Å². The van der Waals surface area contributed by atoms with Crippen molar-refractivity contribution in [1.29, 1.82) is 0 Å². The normalized spacial score (nSPS) is 16.8. The van der Waals surface area contributed by atoms with Crippen LogP contribution in [0.1, 0.15) is 5.56 Å². The van der Waals surface area contributed by atoms with E-state index in [1.165, 1.54) is 0 Å². The lowest BCUT2D eigenvalue weighted by atomic mass is 10.3. The Morgan fingerprint density at radius 1 is 1.62 bits per heavy atom. The highest BCUT2D eigenvalue weighted by Crippen LogP contribution is 2.18. The predicted octanol–water partition coefficient (Wildman–Crippen LogP) is 1.22. The molecule has 2 heterocycles. The van der Waals surface area contributed by atoms with Gasteiger partial charge in [-0.25, -0.2) is 4.98 Å². The molecule has 0 aliphatic carbocycles. The van der Waals surface area contributed by atoms with Crippen LogP contribution in [-0.2, 0) is 4.74 Å². The Labute approximate surface area is 80.9 Å². The molecule has 0 spiro atoms. The topological polar surface area (TPSA) is 44.2 Å². The summed E-state index contributed by atoms with van der Waals surface area (Å²) in [7, 11) is 0. The number of rotatable bonds is 2. The molecule has 70 valence electrons. The lowest BCUT2D eigenvalue weighted by Gasteiger charge is -2.26. The molecule has 0 amide bonds. The summed E-state index contributed by atoms with van der Waals surface area (Å²) in [6.07, 6.45) is 1.76. The molecule has 1 aromatic heterocycles. The molecule has 0 radical (unpaired) electrons. The third kappa shape index (κ3) is 1.89. The second-order valence-electron chi connectivity index (χ2n) is 2.90. The SMILES string of the molecule is Cc1cnc(Cl)nc1OC1COC1. The zero-order valence-corrected chi connectivity index (χ0v) is 7.91. The number of nitrogens with zero attached hydrogens (tertiary/aromatic N) is 2. The van der Waals surface area contributed by atoms with Crippen molar-refractivity contribution < 1.29 is 9.47 Å². The third-order valence-corrected chi connectivity index (χ3v) is 1.96.